The lowest BCUT2D eigenvalue weighted by Crippen LogP contribution is -2.00. The van der Waals surface area contributed by atoms with E-state index in [1.807, 2.05) is 30.5 Å². The minimum atomic E-state index is -1.28. The van der Waals surface area contributed by atoms with Crippen LogP contribution in [0, 0.1) is 5.82 Å². The van der Waals surface area contributed by atoms with Gasteiger partial charge < -0.3 is 10.1 Å². The van der Waals surface area contributed by atoms with E-state index in [9.17, 15) is 9.18 Å². The molecular formula is C24H15FN2O2. The lowest BCUT2D eigenvalue weighted by atomic mass is 9.97. The summed E-state index contributed by atoms with van der Waals surface area (Å²) in [6, 6.07) is 20.5. The minimum Gasteiger partial charge on any atom is -0.478 e. The summed E-state index contributed by atoms with van der Waals surface area (Å²) in [6.45, 7) is 0. The molecule has 0 atom stereocenters. The van der Waals surface area contributed by atoms with Crippen molar-refractivity contribution in [2.45, 2.75) is 0 Å². The van der Waals surface area contributed by atoms with Gasteiger partial charge in [-0.2, -0.15) is 0 Å². The average Bonchev–Trinajstić information content (AvgIpc) is 3.16. The number of aromatic nitrogens is 2. The minimum absolute atomic E-state index is 0.344. The van der Waals surface area contributed by atoms with E-state index in [0.717, 1.165) is 32.8 Å². The van der Waals surface area contributed by atoms with Crippen molar-refractivity contribution in [2.24, 2.45) is 0 Å². The maximum atomic E-state index is 14.2. The smallest absolute Gasteiger partial charge is 0.338 e. The zero-order valence-electron chi connectivity index (χ0n) is 15.2. The SMILES string of the molecule is O=C(O)c1ccc(-c2c[nH]c3ncc(-c4cccc5ccccc45)cc23)cc1F. The van der Waals surface area contributed by atoms with E-state index in [0.29, 0.717) is 11.2 Å². The number of halogens is 1. The molecule has 0 amide bonds. The van der Waals surface area contributed by atoms with Gasteiger partial charge in [-0.05, 0) is 40.1 Å². The van der Waals surface area contributed by atoms with Crippen LogP contribution in [-0.2, 0) is 0 Å². The molecule has 0 bridgehead atoms. The number of hydrogen-bond donors (Lipinski definition) is 2. The van der Waals surface area contributed by atoms with Crippen molar-refractivity contribution in [3.8, 4) is 22.3 Å². The lowest BCUT2D eigenvalue weighted by Gasteiger charge is -2.08. The van der Waals surface area contributed by atoms with Gasteiger partial charge in [0, 0.05) is 28.9 Å². The second kappa shape index (κ2) is 6.56. The predicted octanol–water partition coefficient (Wildman–Crippen LogP) is 5.89. The van der Waals surface area contributed by atoms with Crippen molar-refractivity contribution in [1.29, 1.82) is 0 Å². The summed E-state index contributed by atoms with van der Waals surface area (Å²) in [5.41, 5.74) is 3.73. The Morgan fingerprint density at radius 1 is 0.897 bits per heavy atom. The molecule has 0 unspecified atom stereocenters. The third kappa shape index (κ3) is 2.84. The number of hydrogen-bond acceptors (Lipinski definition) is 2. The molecule has 0 saturated carbocycles. The van der Waals surface area contributed by atoms with Crippen molar-refractivity contribution in [1.82, 2.24) is 9.97 Å². The van der Waals surface area contributed by atoms with Gasteiger partial charge in [0.15, 0.2) is 0 Å². The molecule has 3 aromatic carbocycles. The number of H-pyrrole nitrogens is 1. The molecular weight excluding hydrogens is 367 g/mol. The highest BCUT2D eigenvalue weighted by molar-refractivity contribution is 6.01. The highest BCUT2D eigenvalue weighted by atomic mass is 19.1. The van der Waals surface area contributed by atoms with Gasteiger partial charge in [0.1, 0.15) is 11.5 Å². The van der Waals surface area contributed by atoms with Crippen LogP contribution in [0.2, 0.25) is 0 Å². The van der Waals surface area contributed by atoms with Crippen molar-refractivity contribution < 1.29 is 14.3 Å². The Labute approximate surface area is 165 Å². The second-order valence-corrected chi connectivity index (χ2v) is 6.85. The van der Waals surface area contributed by atoms with Gasteiger partial charge in [0.25, 0.3) is 0 Å². The molecule has 5 rings (SSSR count). The van der Waals surface area contributed by atoms with Gasteiger partial charge in [-0.25, -0.2) is 14.2 Å². The number of rotatable bonds is 3. The maximum absolute atomic E-state index is 14.2. The van der Waals surface area contributed by atoms with Crippen LogP contribution in [0.3, 0.4) is 0 Å². The van der Waals surface area contributed by atoms with Crippen molar-refractivity contribution in [3.05, 3.63) is 90.5 Å². The Hall–Kier alpha value is -3.99. The summed E-state index contributed by atoms with van der Waals surface area (Å²) >= 11 is 0. The Morgan fingerprint density at radius 2 is 1.72 bits per heavy atom. The average molecular weight is 382 g/mol. The number of carboxylic acids is 1. The van der Waals surface area contributed by atoms with Crippen LogP contribution in [0.25, 0.3) is 44.1 Å². The normalized spacial score (nSPS) is 11.2. The summed E-state index contributed by atoms with van der Waals surface area (Å²) in [7, 11) is 0. The number of aromatic carboxylic acids is 1. The predicted molar refractivity (Wildman–Crippen MR) is 111 cm³/mol. The summed E-state index contributed by atoms with van der Waals surface area (Å²) < 4.78 is 14.2. The topological polar surface area (TPSA) is 66.0 Å². The quantitative estimate of drug-likeness (QED) is 0.409. The van der Waals surface area contributed by atoms with Gasteiger partial charge >= 0.3 is 5.97 Å². The molecule has 0 aliphatic heterocycles. The molecule has 0 fully saturated rings. The van der Waals surface area contributed by atoms with Crippen molar-refractivity contribution in [3.63, 3.8) is 0 Å². The van der Waals surface area contributed by atoms with Crippen LogP contribution in [0.15, 0.2) is 79.1 Å². The fourth-order valence-corrected chi connectivity index (χ4v) is 3.72. The number of pyridine rings is 1. The van der Waals surface area contributed by atoms with Crippen LogP contribution in [0.5, 0.6) is 0 Å². The summed E-state index contributed by atoms with van der Waals surface area (Å²) in [5.74, 6) is -2.05. The van der Waals surface area contributed by atoms with Crippen LogP contribution >= 0.6 is 0 Å². The van der Waals surface area contributed by atoms with E-state index in [4.69, 9.17) is 5.11 Å². The molecule has 4 nitrogen and oxygen atoms in total. The van der Waals surface area contributed by atoms with E-state index < -0.39 is 11.8 Å². The monoisotopic (exact) mass is 382 g/mol. The molecule has 5 aromatic rings. The standard InChI is InChI=1S/C24H15FN2O2/c25-22-11-15(8-9-19(22)24(28)29)21-13-27-23-20(21)10-16(12-26-23)18-7-3-5-14-4-1-2-6-17(14)18/h1-13H,(H,26,27)(H,28,29). The van der Waals surface area contributed by atoms with E-state index in [2.05, 4.69) is 34.2 Å². The van der Waals surface area contributed by atoms with Gasteiger partial charge in [0.05, 0.1) is 5.56 Å². The highest BCUT2D eigenvalue weighted by Gasteiger charge is 2.14. The third-order valence-corrected chi connectivity index (χ3v) is 5.14. The number of aromatic amines is 1. The number of fused-ring (bicyclic) bond motifs is 2. The Balaban J connectivity index is 1.68. The van der Waals surface area contributed by atoms with E-state index in [1.54, 1.807) is 12.3 Å². The number of nitrogens with one attached hydrogen (secondary N) is 1. The first-order valence-corrected chi connectivity index (χ1v) is 9.10. The third-order valence-electron chi connectivity index (χ3n) is 5.14. The molecule has 2 aromatic heterocycles. The second-order valence-electron chi connectivity index (χ2n) is 6.85. The number of carbonyl (C=O) groups is 1. The molecule has 2 heterocycles. The zero-order chi connectivity index (χ0) is 20.0. The molecule has 0 radical (unpaired) electrons. The van der Waals surface area contributed by atoms with Crippen LogP contribution in [0.4, 0.5) is 4.39 Å². The molecule has 0 saturated heterocycles. The molecule has 0 aliphatic rings. The summed E-state index contributed by atoms with van der Waals surface area (Å²) in [5, 5.41) is 12.2. The van der Waals surface area contributed by atoms with Gasteiger partial charge in [-0.1, -0.05) is 48.5 Å². The number of carboxylic acid groups (broad SMARTS) is 1. The molecule has 0 aliphatic carbocycles. The lowest BCUT2D eigenvalue weighted by molar-refractivity contribution is 0.0692. The fourth-order valence-electron chi connectivity index (χ4n) is 3.72. The van der Waals surface area contributed by atoms with E-state index in [1.165, 1.54) is 12.1 Å². The first-order chi connectivity index (χ1) is 14.1. The van der Waals surface area contributed by atoms with Gasteiger partial charge in [-0.3, -0.25) is 0 Å². The molecule has 0 spiro atoms. The van der Waals surface area contributed by atoms with Crippen LogP contribution < -0.4 is 0 Å². The van der Waals surface area contributed by atoms with Crippen LogP contribution in [0.1, 0.15) is 10.4 Å². The molecule has 140 valence electrons. The van der Waals surface area contributed by atoms with Gasteiger partial charge in [0.2, 0.25) is 0 Å². The largest absolute Gasteiger partial charge is 0.478 e. The van der Waals surface area contributed by atoms with Crippen molar-refractivity contribution >= 4 is 27.8 Å². The summed E-state index contributed by atoms with van der Waals surface area (Å²) in [6.07, 6.45) is 3.58. The zero-order valence-corrected chi connectivity index (χ0v) is 15.2. The Morgan fingerprint density at radius 3 is 2.55 bits per heavy atom. The maximum Gasteiger partial charge on any atom is 0.338 e. The first kappa shape index (κ1) is 17.1. The Bertz CT molecular complexity index is 1400. The molecule has 5 heteroatoms. The van der Waals surface area contributed by atoms with Gasteiger partial charge in [-0.15, -0.1) is 0 Å². The number of nitrogens with zero attached hydrogens (tertiary/aromatic N) is 1. The van der Waals surface area contributed by atoms with Crippen molar-refractivity contribution in [2.75, 3.05) is 0 Å². The highest BCUT2D eigenvalue weighted by Crippen LogP contribution is 2.34. The first-order valence-electron chi connectivity index (χ1n) is 9.10. The summed E-state index contributed by atoms with van der Waals surface area (Å²) in [4.78, 5) is 18.7. The Kier molecular flexibility index (Phi) is 3.88. The van der Waals surface area contributed by atoms with E-state index in [-0.39, 0.29) is 5.56 Å². The molecule has 2 N–H and O–H groups in total. The molecule has 29 heavy (non-hydrogen) atoms. The fraction of sp³-hybridized carbons (Fsp3) is 0. The van der Waals surface area contributed by atoms with E-state index >= 15 is 0 Å². The number of benzene rings is 3. The van der Waals surface area contributed by atoms with Crippen LogP contribution in [-0.4, -0.2) is 21.0 Å².